The number of Topliss-reactive ketones (excluding diaryl/α,β-unsaturated/α-hetero) is 1. The van der Waals surface area contributed by atoms with Gasteiger partial charge in [0, 0.05) is 17.7 Å². The Balaban J connectivity index is 2.73. The molecule has 1 rings (SSSR count). The molecule has 0 aromatic heterocycles. The van der Waals surface area contributed by atoms with Gasteiger partial charge in [-0.25, -0.2) is 8.42 Å². The van der Waals surface area contributed by atoms with Gasteiger partial charge in [-0.2, -0.15) is 0 Å². The lowest BCUT2D eigenvalue weighted by Crippen LogP contribution is -2.20. The molecule has 17 heavy (non-hydrogen) atoms. The minimum atomic E-state index is -3.18. The van der Waals surface area contributed by atoms with Crippen LogP contribution in [0.4, 0.5) is 5.69 Å². The molecular weight excluding hydrogens is 238 g/mol. The fourth-order valence-electron chi connectivity index (χ4n) is 1.36. The van der Waals surface area contributed by atoms with Crippen LogP contribution in [0, 0.1) is 0 Å². The normalized spacial score (nSPS) is 11.7. The quantitative estimate of drug-likeness (QED) is 0.641. The summed E-state index contributed by atoms with van der Waals surface area (Å²) in [5, 5.41) is -0.455. The highest BCUT2D eigenvalue weighted by Gasteiger charge is 2.19. The van der Waals surface area contributed by atoms with Crippen LogP contribution in [0.1, 0.15) is 30.6 Å². The molecular formula is C12H17NO3S. The van der Waals surface area contributed by atoms with Crippen molar-refractivity contribution in [3.63, 3.8) is 0 Å². The number of anilines is 1. The van der Waals surface area contributed by atoms with Gasteiger partial charge < -0.3 is 5.73 Å². The number of hydrogen-bond donors (Lipinski definition) is 1. The van der Waals surface area contributed by atoms with E-state index in [1.807, 2.05) is 0 Å². The van der Waals surface area contributed by atoms with Gasteiger partial charge in [-0.15, -0.1) is 0 Å². The van der Waals surface area contributed by atoms with Gasteiger partial charge in [-0.3, -0.25) is 4.79 Å². The maximum atomic E-state index is 11.8. The van der Waals surface area contributed by atoms with E-state index in [1.54, 1.807) is 38.1 Å². The summed E-state index contributed by atoms with van der Waals surface area (Å²) in [5.41, 5.74) is 6.43. The third kappa shape index (κ3) is 3.56. The van der Waals surface area contributed by atoms with E-state index in [0.29, 0.717) is 11.3 Å². The smallest absolute Gasteiger partial charge is 0.165 e. The minimum Gasteiger partial charge on any atom is -0.398 e. The monoisotopic (exact) mass is 255 g/mol. The van der Waals surface area contributed by atoms with Crippen LogP contribution in [0.5, 0.6) is 0 Å². The summed E-state index contributed by atoms with van der Waals surface area (Å²) in [4.78, 5) is 11.8. The van der Waals surface area contributed by atoms with Crippen molar-refractivity contribution in [3.8, 4) is 0 Å². The molecule has 0 radical (unpaired) electrons. The SMILES string of the molecule is CC(C)S(=O)(=O)CCC(=O)c1ccccc1N. The lowest BCUT2D eigenvalue weighted by atomic mass is 10.1. The molecule has 0 saturated heterocycles. The zero-order valence-corrected chi connectivity index (χ0v) is 10.8. The third-order valence-corrected chi connectivity index (χ3v) is 4.80. The van der Waals surface area contributed by atoms with Crippen LogP contribution in [0.15, 0.2) is 24.3 Å². The van der Waals surface area contributed by atoms with Crippen molar-refractivity contribution in [1.82, 2.24) is 0 Å². The van der Waals surface area contributed by atoms with Crippen LogP contribution in [0.25, 0.3) is 0 Å². The molecule has 4 nitrogen and oxygen atoms in total. The lowest BCUT2D eigenvalue weighted by Gasteiger charge is -2.07. The summed E-state index contributed by atoms with van der Waals surface area (Å²) in [5.74, 6) is -0.356. The molecule has 0 heterocycles. The van der Waals surface area contributed by atoms with Gasteiger partial charge in [0.25, 0.3) is 0 Å². The first-order valence-electron chi connectivity index (χ1n) is 5.44. The second-order valence-electron chi connectivity index (χ2n) is 4.18. The number of sulfone groups is 1. The maximum absolute atomic E-state index is 11.8. The number of nitrogens with two attached hydrogens (primary N) is 1. The van der Waals surface area contributed by atoms with Crippen LogP contribution >= 0.6 is 0 Å². The van der Waals surface area contributed by atoms with Gasteiger partial charge >= 0.3 is 0 Å². The van der Waals surface area contributed by atoms with Gasteiger partial charge in [0.1, 0.15) is 0 Å². The Labute approximate surface area is 102 Å². The van der Waals surface area contributed by atoms with Crippen molar-refractivity contribution in [2.24, 2.45) is 0 Å². The molecule has 0 fully saturated rings. The first kappa shape index (κ1) is 13.7. The molecule has 0 spiro atoms. The Morgan fingerprint density at radius 3 is 2.41 bits per heavy atom. The number of carbonyl (C=O) groups is 1. The predicted octanol–water partition coefficient (Wildman–Crippen LogP) is 1.66. The van der Waals surface area contributed by atoms with Gasteiger partial charge in [-0.1, -0.05) is 12.1 Å². The first-order valence-corrected chi connectivity index (χ1v) is 7.15. The van der Waals surface area contributed by atoms with Crippen molar-refractivity contribution in [2.45, 2.75) is 25.5 Å². The molecule has 0 aliphatic carbocycles. The second-order valence-corrected chi connectivity index (χ2v) is 6.85. The van der Waals surface area contributed by atoms with Crippen LogP contribution in [0.2, 0.25) is 0 Å². The number of rotatable bonds is 5. The topological polar surface area (TPSA) is 77.2 Å². The molecule has 0 aliphatic heterocycles. The van der Waals surface area contributed by atoms with E-state index < -0.39 is 15.1 Å². The molecule has 0 atom stereocenters. The molecule has 0 aliphatic rings. The van der Waals surface area contributed by atoms with Crippen molar-refractivity contribution < 1.29 is 13.2 Å². The van der Waals surface area contributed by atoms with Crippen molar-refractivity contribution in [2.75, 3.05) is 11.5 Å². The summed E-state index contributed by atoms with van der Waals surface area (Å²) in [7, 11) is -3.18. The number of nitrogen functional groups attached to an aromatic ring is 1. The van der Waals surface area contributed by atoms with Crippen molar-refractivity contribution >= 4 is 21.3 Å². The van der Waals surface area contributed by atoms with E-state index in [-0.39, 0.29) is 18.0 Å². The van der Waals surface area contributed by atoms with E-state index in [0.717, 1.165) is 0 Å². The Morgan fingerprint density at radius 2 is 1.88 bits per heavy atom. The zero-order chi connectivity index (χ0) is 13.1. The van der Waals surface area contributed by atoms with Crippen LogP contribution in [0.3, 0.4) is 0 Å². The Kier molecular flexibility index (Phi) is 4.28. The summed E-state index contributed by atoms with van der Waals surface area (Å²) in [6.07, 6.45) is -0.0191. The van der Waals surface area contributed by atoms with Gasteiger partial charge in [-0.05, 0) is 26.0 Å². The highest BCUT2D eigenvalue weighted by atomic mass is 32.2. The van der Waals surface area contributed by atoms with Crippen molar-refractivity contribution in [3.05, 3.63) is 29.8 Å². The summed E-state index contributed by atoms with van der Waals surface area (Å²) in [6, 6.07) is 6.68. The molecule has 0 unspecified atom stereocenters. The molecule has 94 valence electrons. The van der Waals surface area contributed by atoms with Gasteiger partial charge in [0.2, 0.25) is 0 Å². The number of benzene rings is 1. The molecule has 0 amide bonds. The molecule has 5 heteroatoms. The molecule has 1 aromatic rings. The second kappa shape index (κ2) is 5.31. The van der Waals surface area contributed by atoms with Crippen molar-refractivity contribution in [1.29, 1.82) is 0 Å². The fourth-order valence-corrected chi connectivity index (χ4v) is 2.30. The van der Waals surface area contributed by atoms with E-state index >= 15 is 0 Å². The van der Waals surface area contributed by atoms with E-state index in [9.17, 15) is 13.2 Å². The fraction of sp³-hybridized carbons (Fsp3) is 0.417. The average Bonchev–Trinajstić information content (AvgIpc) is 2.26. The summed E-state index contributed by atoms with van der Waals surface area (Å²) in [6.45, 7) is 3.22. The van der Waals surface area contributed by atoms with E-state index in [1.165, 1.54) is 0 Å². The standard InChI is InChI=1S/C12H17NO3S/c1-9(2)17(15,16)8-7-12(14)10-5-3-4-6-11(10)13/h3-6,9H,7-8,13H2,1-2H3. The zero-order valence-electron chi connectivity index (χ0n) is 10.0. The number of ketones is 1. The molecule has 1 aromatic carbocycles. The summed E-state index contributed by atoms with van der Waals surface area (Å²) < 4.78 is 23.1. The van der Waals surface area contributed by atoms with Crippen LogP contribution in [-0.4, -0.2) is 25.2 Å². The molecule has 0 saturated carbocycles. The van der Waals surface area contributed by atoms with Crippen LogP contribution < -0.4 is 5.73 Å². The van der Waals surface area contributed by atoms with Gasteiger partial charge in [0.15, 0.2) is 15.6 Å². The van der Waals surface area contributed by atoms with E-state index in [4.69, 9.17) is 5.73 Å². The van der Waals surface area contributed by atoms with Crippen LogP contribution in [-0.2, 0) is 9.84 Å². The average molecular weight is 255 g/mol. The summed E-state index contributed by atoms with van der Waals surface area (Å²) >= 11 is 0. The first-order chi connectivity index (χ1) is 7.84. The minimum absolute atomic E-state index is 0.0191. The molecule has 2 N–H and O–H groups in total. The highest BCUT2D eigenvalue weighted by Crippen LogP contribution is 2.14. The lowest BCUT2D eigenvalue weighted by molar-refractivity contribution is 0.0989. The Bertz CT molecular complexity index is 506. The van der Waals surface area contributed by atoms with E-state index in [2.05, 4.69) is 0 Å². The highest BCUT2D eigenvalue weighted by molar-refractivity contribution is 7.91. The Morgan fingerprint density at radius 1 is 1.29 bits per heavy atom. The number of hydrogen-bond acceptors (Lipinski definition) is 4. The van der Waals surface area contributed by atoms with Gasteiger partial charge in [0.05, 0.1) is 11.0 Å². The molecule has 0 bridgehead atoms. The maximum Gasteiger partial charge on any atom is 0.165 e. The largest absolute Gasteiger partial charge is 0.398 e. The predicted molar refractivity (Wildman–Crippen MR) is 68.7 cm³/mol. The Hall–Kier alpha value is -1.36. The number of carbonyl (C=O) groups excluding carboxylic acids is 1. The number of para-hydroxylation sites is 1. The third-order valence-electron chi connectivity index (χ3n) is 2.59.